The zero-order chi connectivity index (χ0) is 13.9. The lowest BCUT2D eigenvalue weighted by Crippen LogP contribution is -2.11. The lowest BCUT2D eigenvalue weighted by atomic mass is 10.0. The van der Waals surface area contributed by atoms with E-state index in [9.17, 15) is 8.42 Å². The van der Waals surface area contributed by atoms with Gasteiger partial charge < -0.3 is 5.32 Å². The SMILES string of the molecule is CCCCc1c(C)nc(NC)c(S(C)(=O)=O)c1C. The van der Waals surface area contributed by atoms with E-state index in [1.54, 1.807) is 7.05 Å². The summed E-state index contributed by atoms with van der Waals surface area (Å²) in [4.78, 5) is 4.72. The highest BCUT2D eigenvalue weighted by molar-refractivity contribution is 7.91. The molecule has 1 heterocycles. The summed E-state index contributed by atoms with van der Waals surface area (Å²) in [6.07, 6.45) is 4.25. The van der Waals surface area contributed by atoms with Crippen LogP contribution < -0.4 is 5.32 Å². The average molecular weight is 270 g/mol. The molecule has 0 unspecified atom stereocenters. The van der Waals surface area contributed by atoms with Gasteiger partial charge in [-0.05, 0) is 37.8 Å². The molecule has 0 saturated carbocycles. The van der Waals surface area contributed by atoms with Crippen molar-refractivity contribution in [3.8, 4) is 0 Å². The van der Waals surface area contributed by atoms with E-state index in [0.29, 0.717) is 10.7 Å². The third-order valence-corrected chi connectivity index (χ3v) is 4.35. The number of pyridine rings is 1. The van der Waals surface area contributed by atoms with E-state index >= 15 is 0 Å². The van der Waals surface area contributed by atoms with Gasteiger partial charge in [0.15, 0.2) is 9.84 Å². The van der Waals surface area contributed by atoms with Crippen molar-refractivity contribution in [2.45, 2.75) is 44.9 Å². The van der Waals surface area contributed by atoms with Crippen molar-refractivity contribution in [3.63, 3.8) is 0 Å². The molecule has 0 spiro atoms. The fourth-order valence-electron chi connectivity index (χ4n) is 2.22. The number of rotatable bonds is 5. The van der Waals surface area contributed by atoms with E-state index in [1.807, 2.05) is 13.8 Å². The van der Waals surface area contributed by atoms with Crippen molar-refractivity contribution in [2.75, 3.05) is 18.6 Å². The Hall–Kier alpha value is -1.10. The Morgan fingerprint density at radius 3 is 2.33 bits per heavy atom. The minimum atomic E-state index is -3.27. The summed E-state index contributed by atoms with van der Waals surface area (Å²) in [6, 6.07) is 0. The highest BCUT2D eigenvalue weighted by atomic mass is 32.2. The molecule has 0 aliphatic rings. The first-order chi connectivity index (χ1) is 8.32. The van der Waals surface area contributed by atoms with Gasteiger partial charge in [-0.2, -0.15) is 0 Å². The van der Waals surface area contributed by atoms with Crippen LogP contribution >= 0.6 is 0 Å². The summed E-state index contributed by atoms with van der Waals surface area (Å²) in [5.74, 6) is 0.452. The number of nitrogens with zero attached hydrogens (tertiary/aromatic N) is 1. The van der Waals surface area contributed by atoms with Crippen molar-refractivity contribution < 1.29 is 8.42 Å². The number of anilines is 1. The summed E-state index contributed by atoms with van der Waals surface area (Å²) in [5, 5.41) is 2.88. The largest absolute Gasteiger partial charge is 0.372 e. The number of sulfone groups is 1. The summed E-state index contributed by atoms with van der Waals surface area (Å²) in [6.45, 7) is 5.93. The Morgan fingerprint density at radius 1 is 1.28 bits per heavy atom. The van der Waals surface area contributed by atoms with E-state index in [4.69, 9.17) is 0 Å². The second kappa shape index (κ2) is 5.69. The molecule has 0 saturated heterocycles. The summed E-state index contributed by atoms with van der Waals surface area (Å²) >= 11 is 0. The number of hydrogen-bond donors (Lipinski definition) is 1. The van der Waals surface area contributed by atoms with Crippen LogP contribution in [0.5, 0.6) is 0 Å². The first-order valence-corrected chi connectivity index (χ1v) is 8.09. The van der Waals surface area contributed by atoms with Crippen LogP contribution in [0.3, 0.4) is 0 Å². The van der Waals surface area contributed by atoms with E-state index < -0.39 is 9.84 Å². The maximum absolute atomic E-state index is 11.9. The molecule has 1 aromatic rings. The molecule has 5 heteroatoms. The van der Waals surface area contributed by atoms with Crippen LogP contribution in [0.4, 0.5) is 5.82 Å². The molecule has 0 atom stereocenters. The first-order valence-electron chi connectivity index (χ1n) is 6.20. The fourth-order valence-corrected chi connectivity index (χ4v) is 3.40. The number of nitrogens with one attached hydrogen (secondary N) is 1. The standard InChI is InChI=1S/C13H22N2O2S/c1-6-7-8-11-9(2)12(18(5,16)17)13(14-4)15-10(11)3/h6-8H2,1-5H3,(H,14,15). The monoisotopic (exact) mass is 270 g/mol. The molecule has 102 valence electrons. The molecule has 0 amide bonds. The number of hydrogen-bond acceptors (Lipinski definition) is 4. The highest BCUT2D eigenvalue weighted by Crippen LogP contribution is 2.28. The summed E-state index contributed by atoms with van der Waals surface area (Å²) in [7, 11) is -1.57. The lowest BCUT2D eigenvalue weighted by Gasteiger charge is -2.16. The molecule has 4 nitrogen and oxygen atoms in total. The maximum Gasteiger partial charge on any atom is 0.179 e. The number of unbranched alkanes of at least 4 members (excludes halogenated alkanes) is 1. The molecule has 1 N–H and O–H groups in total. The van der Waals surface area contributed by atoms with Gasteiger partial charge in [0.25, 0.3) is 0 Å². The normalized spacial score (nSPS) is 11.6. The average Bonchev–Trinajstić information content (AvgIpc) is 2.25. The lowest BCUT2D eigenvalue weighted by molar-refractivity contribution is 0.600. The van der Waals surface area contributed by atoms with Gasteiger partial charge in [0, 0.05) is 19.0 Å². The summed E-state index contributed by atoms with van der Waals surface area (Å²) in [5.41, 5.74) is 2.82. The molecule has 1 rings (SSSR count). The molecule has 0 radical (unpaired) electrons. The Morgan fingerprint density at radius 2 is 1.89 bits per heavy atom. The third kappa shape index (κ3) is 3.02. The van der Waals surface area contributed by atoms with E-state index in [2.05, 4.69) is 17.2 Å². The zero-order valence-corrected chi connectivity index (χ0v) is 12.6. The van der Waals surface area contributed by atoms with Gasteiger partial charge in [0.2, 0.25) is 0 Å². The Balaban J connectivity index is 3.49. The Kier molecular flexibility index (Phi) is 4.73. The minimum absolute atomic E-state index is 0.335. The van der Waals surface area contributed by atoms with Gasteiger partial charge >= 0.3 is 0 Å². The fraction of sp³-hybridized carbons (Fsp3) is 0.615. The smallest absolute Gasteiger partial charge is 0.179 e. The molecule has 0 aliphatic heterocycles. The van der Waals surface area contributed by atoms with Crippen LogP contribution in [-0.2, 0) is 16.3 Å². The van der Waals surface area contributed by atoms with Gasteiger partial charge in [-0.15, -0.1) is 0 Å². The predicted octanol–water partition coefficient (Wildman–Crippen LogP) is 2.49. The first kappa shape index (κ1) is 15.0. The molecule has 0 aliphatic carbocycles. The van der Waals surface area contributed by atoms with Gasteiger partial charge in [-0.3, -0.25) is 0 Å². The van der Waals surface area contributed by atoms with Crippen LogP contribution in [0, 0.1) is 13.8 Å². The quantitative estimate of drug-likeness (QED) is 0.893. The second-order valence-electron chi connectivity index (χ2n) is 4.60. The molecule has 0 aromatic carbocycles. The molecule has 0 fully saturated rings. The maximum atomic E-state index is 11.9. The molecule has 0 bridgehead atoms. The molecule has 1 aromatic heterocycles. The van der Waals surface area contributed by atoms with Crippen molar-refractivity contribution >= 4 is 15.7 Å². The number of aromatic nitrogens is 1. The highest BCUT2D eigenvalue weighted by Gasteiger charge is 2.21. The van der Waals surface area contributed by atoms with Gasteiger partial charge in [-0.1, -0.05) is 13.3 Å². The Bertz CT molecular complexity index is 536. The van der Waals surface area contributed by atoms with Gasteiger partial charge in [-0.25, -0.2) is 13.4 Å². The topological polar surface area (TPSA) is 59.1 Å². The second-order valence-corrected chi connectivity index (χ2v) is 6.56. The van der Waals surface area contributed by atoms with E-state index in [1.165, 1.54) is 6.26 Å². The minimum Gasteiger partial charge on any atom is -0.372 e. The number of aryl methyl sites for hydroxylation is 1. The van der Waals surface area contributed by atoms with Crippen LogP contribution in [0.25, 0.3) is 0 Å². The van der Waals surface area contributed by atoms with Gasteiger partial charge in [0.05, 0.1) is 0 Å². The molecular formula is C13H22N2O2S. The van der Waals surface area contributed by atoms with Crippen LogP contribution in [0.2, 0.25) is 0 Å². The van der Waals surface area contributed by atoms with Crippen molar-refractivity contribution in [3.05, 3.63) is 16.8 Å². The van der Waals surface area contributed by atoms with Crippen molar-refractivity contribution in [2.24, 2.45) is 0 Å². The third-order valence-electron chi connectivity index (χ3n) is 3.11. The van der Waals surface area contributed by atoms with E-state index in [-0.39, 0.29) is 0 Å². The molecular weight excluding hydrogens is 248 g/mol. The molecule has 18 heavy (non-hydrogen) atoms. The van der Waals surface area contributed by atoms with Gasteiger partial charge in [0.1, 0.15) is 10.7 Å². The van der Waals surface area contributed by atoms with Crippen molar-refractivity contribution in [1.29, 1.82) is 0 Å². The summed E-state index contributed by atoms with van der Waals surface area (Å²) < 4.78 is 23.8. The van der Waals surface area contributed by atoms with Crippen LogP contribution in [0.1, 0.15) is 36.6 Å². The van der Waals surface area contributed by atoms with E-state index in [0.717, 1.165) is 36.1 Å². The van der Waals surface area contributed by atoms with Crippen molar-refractivity contribution in [1.82, 2.24) is 4.98 Å². The van der Waals surface area contributed by atoms with Crippen LogP contribution in [0.15, 0.2) is 4.90 Å². The zero-order valence-electron chi connectivity index (χ0n) is 11.8. The Labute approximate surface area is 110 Å². The predicted molar refractivity (Wildman–Crippen MR) is 75.0 cm³/mol. The van der Waals surface area contributed by atoms with Crippen LogP contribution in [-0.4, -0.2) is 26.7 Å².